The van der Waals surface area contributed by atoms with Crippen molar-refractivity contribution in [3.8, 4) is 11.1 Å². The molecule has 4 nitrogen and oxygen atoms in total. The third kappa shape index (κ3) is 3.43. The van der Waals surface area contributed by atoms with Crippen molar-refractivity contribution in [3.05, 3.63) is 99.6 Å². The third-order valence-electron chi connectivity index (χ3n) is 4.93. The average Bonchev–Trinajstić information content (AvgIpc) is 2.75. The SMILES string of the molecule is Cc1ccc(Cl)cc1N(C)C(=O)c1oc(=O)c2ccccc2c1-c1ccccc1. The Morgan fingerprint density at radius 3 is 2.31 bits per heavy atom. The lowest BCUT2D eigenvalue weighted by molar-refractivity contribution is 0.0963. The summed E-state index contributed by atoms with van der Waals surface area (Å²) in [5, 5.41) is 1.63. The summed E-state index contributed by atoms with van der Waals surface area (Å²) in [6.45, 7) is 1.89. The number of benzene rings is 3. The molecule has 1 amide bonds. The molecule has 1 aromatic heterocycles. The Kier molecular flexibility index (Phi) is 4.95. The molecular formula is C24H18ClNO3. The van der Waals surface area contributed by atoms with E-state index in [0.717, 1.165) is 11.1 Å². The fourth-order valence-electron chi connectivity index (χ4n) is 3.45. The summed E-state index contributed by atoms with van der Waals surface area (Å²) in [4.78, 5) is 27.5. The minimum absolute atomic E-state index is 0.00164. The van der Waals surface area contributed by atoms with Gasteiger partial charge in [-0.1, -0.05) is 66.2 Å². The van der Waals surface area contributed by atoms with E-state index in [9.17, 15) is 9.59 Å². The van der Waals surface area contributed by atoms with Crippen LogP contribution in [-0.2, 0) is 0 Å². The van der Waals surface area contributed by atoms with Crippen LogP contribution in [0.4, 0.5) is 5.69 Å². The molecule has 0 N–H and O–H groups in total. The average molecular weight is 404 g/mol. The summed E-state index contributed by atoms with van der Waals surface area (Å²) >= 11 is 6.13. The maximum absolute atomic E-state index is 13.4. The number of carbonyl (C=O) groups excluding carboxylic acids is 1. The van der Waals surface area contributed by atoms with Gasteiger partial charge >= 0.3 is 5.63 Å². The highest BCUT2D eigenvalue weighted by atomic mass is 35.5. The Morgan fingerprint density at radius 2 is 1.59 bits per heavy atom. The monoisotopic (exact) mass is 403 g/mol. The molecule has 0 saturated heterocycles. The molecule has 0 radical (unpaired) electrons. The molecule has 0 atom stereocenters. The van der Waals surface area contributed by atoms with Crippen LogP contribution in [0.3, 0.4) is 0 Å². The van der Waals surface area contributed by atoms with Crippen LogP contribution in [-0.4, -0.2) is 13.0 Å². The van der Waals surface area contributed by atoms with Gasteiger partial charge in [0.2, 0.25) is 5.76 Å². The van der Waals surface area contributed by atoms with Crippen molar-refractivity contribution in [3.63, 3.8) is 0 Å². The third-order valence-corrected chi connectivity index (χ3v) is 5.17. The second-order valence-electron chi connectivity index (χ2n) is 6.80. The molecule has 0 spiro atoms. The number of nitrogens with zero attached hydrogens (tertiary/aromatic N) is 1. The summed E-state index contributed by atoms with van der Waals surface area (Å²) < 4.78 is 5.57. The Labute approximate surface area is 173 Å². The van der Waals surface area contributed by atoms with Gasteiger partial charge in [0, 0.05) is 28.7 Å². The maximum atomic E-state index is 13.4. The van der Waals surface area contributed by atoms with Crippen molar-refractivity contribution in [2.45, 2.75) is 6.92 Å². The molecule has 0 fully saturated rings. The van der Waals surface area contributed by atoms with Crippen LogP contribution in [0.25, 0.3) is 21.9 Å². The number of anilines is 1. The number of hydrogen-bond acceptors (Lipinski definition) is 3. The highest BCUT2D eigenvalue weighted by molar-refractivity contribution is 6.31. The lowest BCUT2D eigenvalue weighted by atomic mass is 9.98. The van der Waals surface area contributed by atoms with Gasteiger partial charge in [0.15, 0.2) is 0 Å². The first-order valence-electron chi connectivity index (χ1n) is 9.13. The zero-order chi connectivity index (χ0) is 20.5. The Bertz CT molecular complexity index is 1280. The molecular weight excluding hydrogens is 386 g/mol. The zero-order valence-corrected chi connectivity index (χ0v) is 16.7. The largest absolute Gasteiger partial charge is 0.416 e. The van der Waals surface area contributed by atoms with Crippen molar-refractivity contribution in [1.29, 1.82) is 0 Å². The van der Waals surface area contributed by atoms with E-state index in [1.165, 1.54) is 4.90 Å². The number of hydrogen-bond donors (Lipinski definition) is 0. The van der Waals surface area contributed by atoms with Crippen LogP contribution in [0, 0.1) is 6.92 Å². The van der Waals surface area contributed by atoms with E-state index in [-0.39, 0.29) is 5.76 Å². The fraction of sp³-hybridized carbons (Fsp3) is 0.0833. The number of fused-ring (bicyclic) bond motifs is 1. The standard InChI is InChI=1S/C24H18ClNO3/c1-15-12-13-17(25)14-20(15)26(2)23(27)22-21(16-8-4-3-5-9-16)18-10-6-7-11-19(18)24(28)29-22/h3-14H,1-2H3. The van der Waals surface area contributed by atoms with Crippen LogP contribution >= 0.6 is 11.6 Å². The van der Waals surface area contributed by atoms with Crippen LogP contribution in [0.15, 0.2) is 82.0 Å². The Hall–Kier alpha value is -3.37. The zero-order valence-electron chi connectivity index (χ0n) is 16.0. The van der Waals surface area contributed by atoms with E-state index < -0.39 is 11.5 Å². The highest BCUT2D eigenvalue weighted by Crippen LogP contribution is 2.32. The molecule has 4 rings (SSSR count). The highest BCUT2D eigenvalue weighted by Gasteiger charge is 2.25. The van der Waals surface area contributed by atoms with Crippen molar-refractivity contribution in [1.82, 2.24) is 0 Å². The topological polar surface area (TPSA) is 50.5 Å². The second kappa shape index (κ2) is 7.57. The summed E-state index contributed by atoms with van der Waals surface area (Å²) in [5.74, 6) is -0.418. The van der Waals surface area contributed by atoms with Crippen LogP contribution in [0.1, 0.15) is 16.1 Å². The number of rotatable bonds is 3. The normalized spacial score (nSPS) is 10.9. The Balaban J connectivity index is 1.97. The first-order valence-corrected chi connectivity index (χ1v) is 9.50. The van der Waals surface area contributed by atoms with E-state index in [2.05, 4.69) is 0 Å². The molecule has 144 valence electrons. The number of carbonyl (C=O) groups is 1. The number of amides is 1. The molecule has 3 aromatic carbocycles. The van der Waals surface area contributed by atoms with E-state index in [4.69, 9.17) is 16.0 Å². The summed E-state index contributed by atoms with van der Waals surface area (Å²) in [7, 11) is 1.64. The quantitative estimate of drug-likeness (QED) is 0.441. The smallest absolute Gasteiger partial charge is 0.344 e. The van der Waals surface area contributed by atoms with E-state index >= 15 is 0 Å². The predicted octanol–water partition coefficient (Wildman–Crippen LogP) is 5.70. The van der Waals surface area contributed by atoms with Gasteiger partial charge in [0.25, 0.3) is 5.91 Å². The van der Waals surface area contributed by atoms with Crippen LogP contribution < -0.4 is 10.5 Å². The maximum Gasteiger partial charge on any atom is 0.344 e. The lowest BCUT2D eigenvalue weighted by Gasteiger charge is -2.21. The van der Waals surface area contributed by atoms with E-state index in [1.54, 1.807) is 31.3 Å². The van der Waals surface area contributed by atoms with Gasteiger partial charge in [-0.25, -0.2) is 4.79 Å². The van der Waals surface area contributed by atoms with Gasteiger partial charge in [-0.05, 0) is 36.2 Å². The predicted molar refractivity (Wildman–Crippen MR) is 117 cm³/mol. The minimum Gasteiger partial charge on any atom is -0.416 e. The molecule has 0 aliphatic rings. The van der Waals surface area contributed by atoms with Crippen molar-refractivity contribution >= 4 is 34.0 Å². The Morgan fingerprint density at radius 1 is 0.931 bits per heavy atom. The van der Waals surface area contributed by atoms with Gasteiger partial charge < -0.3 is 9.32 Å². The summed E-state index contributed by atoms with van der Waals surface area (Å²) in [6, 6.07) is 21.9. The van der Waals surface area contributed by atoms with Crippen molar-refractivity contribution in [2.24, 2.45) is 0 Å². The van der Waals surface area contributed by atoms with Gasteiger partial charge in [-0.15, -0.1) is 0 Å². The molecule has 29 heavy (non-hydrogen) atoms. The molecule has 0 aliphatic carbocycles. The molecule has 0 unspecified atom stereocenters. The van der Waals surface area contributed by atoms with E-state index in [0.29, 0.717) is 27.0 Å². The minimum atomic E-state index is -0.542. The van der Waals surface area contributed by atoms with Gasteiger partial charge in [-0.2, -0.15) is 0 Å². The first kappa shape index (κ1) is 19.0. The summed E-state index contributed by atoms with van der Waals surface area (Å²) in [5.41, 5.74) is 2.39. The van der Waals surface area contributed by atoms with E-state index in [1.807, 2.05) is 55.5 Å². The second-order valence-corrected chi connectivity index (χ2v) is 7.24. The summed E-state index contributed by atoms with van der Waals surface area (Å²) in [6.07, 6.45) is 0. The molecule has 0 bridgehead atoms. The molecule has 0 aliphatic heterocycles. The fourth-order valence-corrected chi connectivity index (χ4v) is 3.61. The lowest BCUT2D eigenvalue weighted by Crippen LogP contribution is -2.28. The number of halogens is 1. The first-order chi connectivity index (χ1) is 14.0. The van der Waals surface area contributed by atoms with Crippen LogP contribution in [0.5, 0.6) is 0 Å². The molecule has 4 aromatic rings. The molecule has 5 heteroatoms. The molecule has 0 saturated carbocycles. The van der Waals surface area contributed by atoms with Crippen molar-refractivity contribution in [2.75, 3.05) is 11.9 Å². The molecule has 1 heterocycles. The number of aryl methyl sites for hydroxylation is 1. The van der Waals surface area contributed by atoms with Crippen molar-refractivity contribution < 1.29 is 9.21 Å². The van der Waals surface area contributed by atoms with Gasteiger partial charge in [0.1, 0.15) is 0 Å². The van der Waals surface area contributed by atoms with Gasteiger partial charge in [-0.3, -0.25) is 4.79 Å². The van der Waals surface area contributed by atoms with Gasteiger partial charge in [0.05, 0.1) is 5.39 Å². The van der Waals surface area contributed by atoms with Crippen LogP contribution in [0.2, 0.25) is 5.02 Å².